The summed E-state index contributed by atoms with van der Waals surface area (Å²) in [4.78, 5) is 8.28. The highest BCUT2D eigenvalue weighted by Gasteiger charge is 2.30. The fraction of sp³-hybridized carbons (Fsp3) is 0.0588. The number of nitrogens with one attached hydrogen (secondary N) is 2. The van der Waals surface area contributed by atoms with Gasteiger partial charge in [0.2, 0.25) is 0 Å². The van der Waals surface area contributed by atoms with Crippen LogP contribution in [0.4, 0.5) is 24.7 Å². The smallest absolute Gasteiger partial charge is 0.298 e. The van der Waals surface area contributed by atoms with Gasteiger partial charge in [0.15, 0.2) is 5.82 Å². The van der Waals surface area contributed by atoms with Crippen LogP contribution in [0, 0.1) is 0 Å². The maximum absolute atomic E-state index is 12.7. The number of alkyl halides is 3. The van der Waals surface area contributed by atoms with Gasteiger partial charge in [-0.2, -0.15) is 13.2 Å². The molecule has 0 radical (unpaired) electrons. The Hall–Kier alpha value is -2.22. The molecule has 0 spiro atoms. The molecule has 1 aromatic heterocycles. The first-order chi connectivity index (χ1) is 12.7. The van der Waals surface area contributed by atoms with Crippen molar-refractivity contribution in [2.75, 3.05) is 10.9 Å². The molecule has 4 nitrogen and oxygen atoms in total. The van der Waals surface area contributed by atoms with Gasteiger partial charge in [-0.1, -0.05) is 46.9 Å². The van der Waals surface area contributed by atoms with Crippen LogP contribution < -0.4 is 10.9 Å². The summed E-state index contributed by atoms with van der Waals surface area (Å²) >= 11 is 17.9. The maximum Gasteiger partial charge on any atom is 0.416 e. The van der Waals surface area contributed by atoms with Gasteiger partial charge in [-0.15, -0.1) is 0 Å². The molecule has 2 aromatic carbocycles. The Labute approximate surface area is 167 Å². The molecule has 0 aliphatic carbocycles. The number of nitrogens with zero attached hydrogens (tertiary/aromatic N) is 2. The van der Waals surface area contributed by atoms with Gasteiger partial charge in [0.25, 0.3) is 0 Å². The Balaban J connectivity index is 1.82. The second-order valence-electron chi connectivity index (χ2n) is 5.35. The fourth-order valence-corrected chi connectivity index (χ4v) is 2.78. The molecule has 140 valence electrons. The lowest BCUT2D eigenvalue weighted by molar-refractivity contribution is -0.137. The van der Waals surface area contributed by atoms with Crippen LogP contribution in [-0.4, -0.2) is 9.97 Å². The second kappa shape index (κ2) is 7.80. The highest BCUT2D eigenvalue weighted by Crippen LogP contribution is 2.31. The third-order valence-electron chi connectivity index (χ3n) is 3.42. The lowest BCUT2D eigenvalue weighted by atomic mass is 10.1. The highest BCUT2D eigenvalue weighted by molar-refractivity contribution is 6.36. The molecule has 2 N–H and O–H groups in total. The minimum absolute atomic E-state index is 0.117. The molecule has 0 aliphatic rings. The molecule has 1 heterocycles. The molecular weight excluding hydrogens is 424 g/mol. The van der Waals surface area contributed by atoms with E-state index in [-0.39, 0.29) is 11.0 Å². The van der Waals surface area contributed by atoms with Crippen molar-refractivity contribution in [1.29, 1.82) is 0 Å². The number of halogens is 6. The summed E-state index contributed by atoms with van der Waals surface area (Å²) in [6.45, 7) is 0. The third-order valence-corrected chi connectivity index (χ3v) is 4.16. The van der Waals surface area contributed by atoms with E-state index in [1.54, 1.807) is 18.2 Å². The predicted octanol–water partition coefficient (Wildman–Crippen LogP) is 6.56. The summed E-state index contributed by atoms with van der Waals surface area (Å²) in [5, 5.41) is 0.990. The predicted molar refractivity (Wildman–Crippen MR) is 101 cm³/mol. The van der Waals surface area contributed by atoms with Crippen LogP contribution >= 0.6 is 34.8 Å². The number of hydrazine groups is 1. The van der Waals surface area contributed by atoms with Crippen molar-refractivity contribution >= 4 is 46.3 Å². The van der Waals surface area contributed by atoms with Crippen LogP contribution in [0.25, 0.3) is 11.4 Å². The molecule has 0 amide bonds. The summed E-state index contributed by atoms with van der Waals surface area (Å²) in [5.41, 5.74) is 5.84. The molecule has 3 rings (SSSR count). The molecule has 0 bridgehead atoms. The average Bonchev–Trinajstić information content (AvgIpc) is 2.60. The SMILES string of the molecule is FC(F)(F)c1ccc(-c2nc(Cl)cc(NNc3ccc(Cl)cc3Cl)n2)cc1. The first-order valence-electron chi connectivity index (χ1n) is 7.42. The fourth-order valence-electron chi connectivity index (χ4n) is 2.14. The quantitative estimate of drug-likeness (QED) is 0.361. The zero-order valence-electron chi connectivity index (χ0n) is 13.3. The van der Waals surface area contributed by atoms with E-state index in [9.17, 15) is 13.2 Å². The van der Waals surface area contributed by atoms with Crippen molar-refractivity contribution in [2.24, 2.45) is 0 Å². The Morgan fingerprint density at radius 1 is 0.815 bits per heavy atom. The van der Waals surface area contributed by atoms with E-state index in [1.807, 2.05) is 0 Å². The van der Waals surface area contributed by atoms with Crippen molar-refractivity contribution in [3.05, 3.63) is 69.3 Å². The van der Waals surface area contributed by atoms with Crippen molar-refractivity contribution in [3.8, 4) is 11.4 Å². The van der Waals surface area contributed by atoms with Gasteiger partial charge in [-0.25, -0.2) is 9.97 Å². The summed E-state index contributed by atoms with van der Waals surface area (Å²) in [5.74, 6) is 0.471. The maximum atomic E-state index is 12.7. The van der Waals surface area contributed by atoms with Gasteiger partial charge in [0.1, 0.15) is 11.0 Å². The zero-order valence-corrected chi connectivity index (χ0v) is 15.5. The molecule has 0 saturated carbocycles. The molecular formula is C17H10Cl3F3N4. The zero-order chi connectivity index (χ0) is 19.6. The largest absolute Gasteiger partial charge is 0.416 e. The van der Waals surface area contributed by atoms with E-state index in [4.69, 9.17) is 34.8 Å². The normalized spacial score (nSPS) is 11.3. The standard InChI is InChI=1S/C17H10Cl3F3N4/c18-11-5-6-13(12(19)7-11)26-27-15-8-14(20)24-16(25-15)9-1-3-10(4-2-9)17(21,22)23/h1-8,26H,(H,24,25,27). The second-order valence-corrected chi connectivity index (χ2v) is 6.58. The molecule has 27 heavy (non-hydrogen) atoms. The summed E-state index contributed by atoms with van der Waals surface area (Å²) in [6.07, 6.45) is -4.41. The molecule has 0 aliphatic heterocycles. The van der Waals surface area contributed by atoms with Crippen LogP contribution in [0.15, 0.2) is 48.5 Å². The Kier molecular flexibility index (Phi) is 5.64. The lowest BCUT2D eigenvalue weighted by Gasteiger charge is -2.12. The number of rotatable bonds is 4. The van der Waals surface area contributed by atoms with Gasteiger partial charge in [0.05, 0.1) is 16.3 Å². The molecule has 10 heteroatoms. The minimum atomic E-state index is -4.41. The van der Waals surface area contributed by atoms with Crippen molar-refractivity contribution in [1.82, 2.24) is 9.97 Å². The topological polar surface area (TPSA) is 49.8 Å². The molecule has 3 aromatic rings. The first-order valence-corrected chi connectivity index (χ1v) is 8.55. The number of hydrogen-bond acceptors (Lipinski definition) is 4. The Morgan fingerprint density at radius 3 is 2.15 bits per heavy atom. The number of benzene rings is 2. The molecule has 0 atom stereocenters. The van der Waals surface area contributed by atoms with E-state index in [0.29, 0.717) is 27.1 Å². The van der Waals surface area contributed by atoms with Crippen LogP contribution in [0.3, 0.4) is 0 Å². The van der Waals surface area contributed by atoms with E-state index >= 15 is 0 Å². The molecule has 0 saturated heterocycles. The number of aromatic nitrogens is 2. The van der Waals surface area contributed by atoms with Crippen molar-refractivity contribution < 1.29 is 13.2 Å². The monoisotopic (exact) mass is 432 g/mol. The summed E-state index contributed by atoms with van der Waals surface area (Å²) in [7, 11) is 0. The highest BCUT2D eigenvalue weighted by atomic mass is 35.5. The van der Waals surface area contributed by atoms with Crippen LogP contribution in [0.2, 0.25) is 15.2 Å². The minimum Gasteiger partial charge on any atom is -0.298 e. The first kappa shape index (κ1) is 19.5. The van der Waals surface area contributed by atoms with Crippen molar-refractivity contribution in [2.45, 2.75) is 6.18 Å². The van der Waals surface area contributed by atoms with E-state index in [2.05, 4.69) is 20.8 Å². The van der Waals surface area contributed by atoms with E-state index < -0.39 is 11.7 Å². The number of hydrogen-bond donors (Lipinski definition) is 2. The van der Waals surface area contributed by atoms with Gasteiger partial charge in [-0.3, -0.25) is 10.9 Å². The van der Waals surface area contributed by atoms with E-state index in [0.717, 1.165) is 12.1 Å². The third kappa shape index (κ3) is 4.94. The van der Waals surface area contributed by atoms with E-state index in [1.165, 1.54) is 18.2 Å². The van der Waals surface area contributed by atoms with Crippen LogP contribution in [-0.2, 0) is 6.18 Å². The lowest BCUT2D eigenvalue weighted by Crippen LogP contribution is -2.11. The average molecular weight is 434 g/mol. The van der Waals surface area contributed by atoms with Crippen molar-refractivity contribution in [3.63, 3.8) is 0 Å². The Morgan fingerprint density at radius 2 is 1.52 bits per heavy atom. The van der Waals surface area contributed by atoms with Gasteiger partial charge in [-0.05, 0) is 30.3 Å². The van der Waals surface area contributed by atoms with Crippen LogP contribution in [0.1, 0.15) is 5.56 Å². The molecule has 0 unspecified atom stereocenters. The number of anilines is 2. The van der Waals surface area contributed by atoms with Gasteiger partial charge >= 0.3 is 6.18 Å². The van der Waals surface area contributed by atoms with Gasteiger partial charge in [0, 0.05) is 16.7 Å². The van der Waals surface area contributed by atoms with Gasteiger partial charge < -0.3 is 0 Å². The Bertz CT molecular complexity index is 963. The summed E-state index contributed by atoms with van der Waals surface area (Å²) in [6, 6.07) is 10.8. The molecule has 0 fully saturated rings. The summed E-state index contributed by atoms with van der Waals surface area (Å²) < 4.78 is 38.0. The van der Waals surface area contributed by atoms with Crippen LogP contribution in [0.5, 0.6) is 0 Å².